The Balaban J connectivity index is 1.16. The number of aryl methyl sites for hydroxylation is 1. The number of nitrogens with zero attached hydrogens (tertiary/aromatic N) is 3. The normalized spacial score (nSPS) is 22.7. The van der Waals surface area contributed by atoms with Gasteiger partial charge in [-0.05, 0) is 60.5 Å². The topological polar surface area (TPSA) is 111 Å². The van der Waals surface area contributed by atoms with Crippen LogP contribution in [0.2, 0.25) is 18.6 Å². The Bertz CT molecular complexity index is 1930. The summed E-state index contributed by atoms with van der Waals surface area (Å²) in [4.78, 5) is 58.6. The van der Waals surface area contributed by atoms with Gasteiger partial charge in [0.25, 0.3) is 5.91 Å². The van der Waals surface area contributed by atoms with Gasteiger partial charge >= 0.3 is 0 Å². The van der Waals surface area contributed by atoms with Crippen LogP contribution in [0.4, 0.5) is 17.1 Å². The number of carbonyl (C=O) groups excluding carboxylic acids is 3. The third-order valence-electron chi connectivity index (χ3n) is 10.8. The van der Waals surface area contributed by atoms with Crippen LogP contribution >= 0.6 is 0 Å². The van der Waals surface area contributed by atoms with Crippen molar-refractivity contribution in [2.45, 2.75) is 69.6 Å². The molecular formula is C41H45N3O6Si. The minimum Gasteiger partial charge on any atom is -0.432 e. The number of para-hydroxylation sites is 2. The van der Waals surface area contributed by atoms with Crippen LogP contribution in [0.25, 0.3) is 0 Å². The molecule has 0 radical (unpaired) electrons. The van der Waals surface area contributed by atoms with E-state index < -0.39 is 31.5 Å². The molecule has 3 aliphatic rings. The molecule has 3 heterocycles. The molecule has 0 unspecified atom stereocenters. The predicted molar refractivity (Wildman–Crippen MR) is 199 cm³/mol. The van der Waals surface area contributed by atoms with E-state index in [9.17, 15) is 24.3 Å². The molecule has 264 valence electrons. The lowest BCUT2D eigenvalue weighted by molar-refractivity contribution is -0.150. The van der Waals surface area contributed by atoms with Gasteiger partial charge in [0, 0.05) is 42.2 Å². The molecule has 0 bridgehead atoms. The minimum absolute atomic E-state index is 0.0180. The number of rotatable bonds is 10. The van der Waals surface area contributed by atoms with Gasteiger partial charge in [-0.3, -0.25) is 19.3 Å². The average molecular weight is 704 g/mol. The molecule has 4 atom stereocenters. The van der Waals surface area contributed by atoms with E-state index in [4.69, 9.17) is 4.74 Å². The van der Waals surface area contributed by atoms with E-state index in [2.05, 4.69) is 6.07 Å². The summed E-state index contributed by atoms with van der Waals surface area (Å²) in [6.45, 7) is 6.27. The molecule has 51 heavy (non-hydrogen) atoms. The molecule has 3 aliphatic heterocycles. The number of hydrogen-bond acceptors (Lipinski definition) is 6. The van der Waals surface area contributed by atoms with Gasteiger partial charge in [-0.25, -0.2) is 0 Å². The van der Waals surface area contributed by atoms with Crippen molar-refractivity contribution in [2.75, 3.05) is 23.0 Å². The number of amides is 3. The smallest absolute Gasteiger partial charge is 0.264 e. The minimum atomic E-state index is -2.99. The van der Waals surface area contributed by atoms with Gasteiger partial charge in [0.2, 0.25) is 11.8 Å². The molecule has 9 nitrogen and oxygen atoms in total. The van der Waals surface area contributed by atoms with Crippen molar-refractivity contribution in [2.24, 2.45) is 5.92 Å². The van der Waals surface area contributed by atoms with Gasteiger partial charge in [0.15, 0.2) is 13.9 Å². The molecule has 1 spiro atoms. The molecule has 3 amide bonds. The maximum absolute atomic E-state index is 14.8. The number of aliphatic hydroxyl groups is 1. The van der Waals surface area contributed by atoms with Gasteiger partial charge in [0.1, 0.15) is 0 Å². The highest BCUT2D eigenvalue weighted by molar-refractivity contribution is 6.71. The fourth-order valence-corrected chi connectivity index (χ4v) is 11.1. The first-order valence-electron chi connectivity index (χ1n) is 17.8. The second-order valence-electron chi connectivity index (χ2n) is 14.5. The lowest BCUT2D eigenvalue weighted by Crippen LogP contribution is -2.46. The lowest BCUT2D eigenvalue weighted by Gasteiger charge is -2.32. The summed E-state index contributed by atoms with van der Waals surface area (Å²) in [5.41, 5.74) is 4.36. The summed E-state index contributed by atoms with van der Waals surface area (Å²) < 4.78 is 6.89. The Hall–Kier alpha value is -4.61. The molecule has 4 aromatic rings. The summed E-state index contributed by atoms with van der Waals surface area (Å²) in [5, 5.41) is 9.82. The molecule has 4 aromatic carbocycles. The van der Waals surface area contributed by atoms with E-state index in [0.29, 0.717) is 13.0 Å². The van der Waals surface area contributed by atoms with Gasteiger partial charge in [0.05, 0.1) is 37.1 Å². The van der Waals surface area contributed by atoms with Crippen molar-refractivity contribution in [3.63, 3.8) is 0 Å². The second kappa shape index (κ2) is 13.8. The fraction of sp³-hybridized carbons (Fsp3) is 0.341. The van der Waals surface area contributed by atoms with Crippen LogP contribution in [0.15, 0.2) is 103 Å². The highest BCUT2D eigenvalue weighted by Gasteiger charge is 2.66. The van der Waals surface area contributed by atoms with Gasteiger partial charge in [-0.15, -0.1) is 0 Å². The van der Waals surface area contributed by atoms with Crippen molar-refractivity contribution in [1.29, 1.82) is 0 Å². The van der Waals surface area contributed by atoms with Gasteiger partial charge < -0.3 is 24.4 Å². The summed E-state index contributed by atoms with van der Waals surface area (Å²) in [5.74, 6) is -0.767. The van der Waals surface area contributed by atoms with Crippen molar-refractivity contribution in [3.8, 4) is 0 Å². The Labute approximate surface area is 300 Å². The van der Waals surface area contributed by atoms with E-state index in [1.54, 1.807) is 14.7 Å². The number of benzene rings is 4. The van der Waals surface area contributed by atoms with Gasteiger partial charge in [-0.1, -0.05) is 85.8 Å². The number of aliphatic hydroxyl groups excluding tert-OH is 1. The predicted octanol–water partition coefficient (Wildman–Crippen LogP) is 6.05. The first-order valence-corrected chi connectivity index (χ1v) is 20.8. The zero-order valence-electron chi connectivity index (χ0n) is 29.4. The number of hydrogen-bond donors (Lipinski definition) is 2. The van der Waals surface area contributed by atoms with E-state index in [1.807, 2.05) is 117 Å². The quantitative estimate of drug-likeness (QED) is 0.195. The highest BCUT2D eigenvalue weighted by Crippen LogP contribution is 2.59. The third kappa shape index (κ3) is 6.31. The summed E-state index contributed by atoms with van der Waals surface area (Å²) >= 11 is 0. The van der Waals surface area contributed by atoms with Crippen molar-refractivity contribution < 1.29 is 29.0 Å². The molecule has 0 saturated carbocycles. The summed E-state index contributed by atoms with van der Waals surface area (Å²) in [6, 6.07) is 33.0. The van der Waals surface area contributed by atoms with Gasteiger partial charge in [-0.2, -0.15) is 0 Å². The van der Waals surface area contributed by atoms with E-state index in [1.165, 1.54) is 0 Å². The Morgan fingerprint density at radius 1 is 0.882 bits per heavy atom. The van der Waals surface area contributed by atoms with Crippen molar-refractivity contribution >= 4 is 43.1 Å². The molecule has 0 aliphatic carbocycles. The average Bonchev–Trinajstić information content (AvgIpc) is 3.55. The van der Waals surface area contributed by atoms with Crippen LogP contribution < -0.4 is 9.80 Å². The van der Waals surface area contributed by atoms with Crippen molar-refractivity contribution in [1.82, 2.24) is 4.90 Å². The SMILES string of the molecule is C[C@@H]1[C@@H]([Si](C)(C)O)[C@H](CC(=O)N(CCO)Cc2ccccc2)O[C@@]12C(=O)N(Cc1ccc(N3C(=O)CCc4ccccc43)cc1)c1ccccc12. The molecule has 2 N–H and O–H groups in total. The molecule has 1 saturated heterocycles. The van der Waals surface area contributed by atoms with Crippen LogP contribution in [0, 0.1) is 5.92 Å². The van der Waals surface area contributed by atoms with E-state index in [-0.39, 0.29) is 43.8 Å². The second-order valence-corrected chi connectivity index (χ2v) is 18.5. The first kappa shape index (κ1) is 34.8. The zero-order chi connectivity index (χ0) is 35.9. The standard InChI is InChI=1S/C41H45N3O6Si/c1-28-39(51(2,3)49)36(25-38(47)42(23-24-45)26-29-11-5-4-6-12-29)50-41(28)33-14-8-10-16-35(33)43(40(41)48)27-30-17-20-32(21-18-30)44-34-15-9-7-13-31(34)19-22-37(44)46/h4-18,20-21,28,36,39,45,49H,19,22-27H2,1-3H3/t28-,36+,39-,41+/m1/s1. The molecule has 0 aromatic heterocycles. The first-order chi connectivity index (χ1) is 24.5. The summed E-state index contributed by atoms with van der Waals surface area (Å²) in [7, 11) is -2.99. The highest BCUT2D eigenvalue weighted by atomic mass is 28.4. The Morgan fingerprint density at radius 2 is 1.55 bits per heavy atom. The Morgan fingerprint density at radius 3 is 2.25 bits per heavy atom. The maximum atomic E-state index is 14.8. The van der Waals surface area contributed by atoms with Crippen LogP contribution in [0.5, 0.6) is 0 Å². The molecule has 10 heteroatoms. The van der Waals surface area contributed by atoms with E-state index >= 15 is 0 Å². The molecule has 1 fully saturated rings. The molecule has 7 rings (SSSR count). The summed E-state index contributed by atoms with van der Waals surface area (Å²) in [6.07, 6.45) is 0.460. The fourth-order valence-electron chi connectivity index (χ4n) is 8.55. The largest absolute Gasteiger partial charge is 0.432 e. The molecular weight excluding hydrogens is 659 g/mol. The number of fused-ring (bicyclic) bond motifs is 3. The number of carbonyl (C=O) groups is 3. The zero-order valence-corrected chi connectivity index (χ0v) is 30.4. The number of ether oxygens (including phenoxy) is 1. The Kier molecular flexibility index (Phi) is 9.45. The van der Waals surface area contributed by atoms with Crippen LogP contribution in [0.1, 0.15) is 42.0 Å². The lowest BCUT2D eigenvalue weighted by atomic mass is 9.82. The van der Waals surface area contributed by atoms with E-state index in [0.717, 1.165) is 45.7 Å². The number of anilines is 3. The van der Waals surface area contributed by atoms with Crippen LogP contribution in [0.3, 0.4) is 0 Å². The monoisotopic (exact) mass is 703 g/mol. The van der Waals surface area contributed by atoms with Crippen LogP contribution in [-0.4, -0.2) is 60.1 Å². The third-order valence-corrected chi connectivity index (χ3v) is 13.3. The van der Waals surface area contributed by atoms with Crippen LogP contribution in [-0.2, 0) is 44.2 Å². The van der Waals surface area contributed by atoms with Crippen molar-refractivity contribution in [3.05, 3.63) is 125 Å². The maximum Gasteiger partial charge on any atom is 0.264 e.